The van der Waals surface area contributed by atoms with E-state index in [0.29, 0.717) is 16.8 Å². The standard InChI is InChI=1S/C20H19F2N5O3S/c1-12-16-10-15(8-9-17(16)26(2)25-12)27(31(3,28)29)11-13-4-6-14(7-5-13)19-23-24-20(30-19)18(21)22/h4-10,18H,11H2,1-3H3. The van der Waals surface area contributed by atoms with Crippen molar-refractivity contribution in [3.8, 4) is 11.5 Å². The second-order valence-corrected chi connectivity index (χ2v) is 9.03. The third-order valence-corrected chi connectivity index (χ3v) is 6.00. The molecule has 0 aliphatic heterocycles. The summed E-state index contributed by atoms with van der Waals surface area (Å²) in [6, 6.07) is 12.0. The molecule has 0 atom stereocenters. The van der Waals surface area contributed by atoms with Crippen LogP contribution < -0.4 is 4.31 Å². The highest BCUT2D eigenvalue weighted by Gasteiger charge is 2.20. The van der Waals surface area contributed by atoms with Gasteiger partial charge < -0.3 is 4.42 Å². The summed E-state index contributed by atoms with van der Waals surface area (Å²) in [6.07, 6.45) is -1.70. The molecule has 0 amide bonds. The van der Waals surface area contributed by atoms with Gasteiger partial charge in [-0.2, -0.15) is 13.9 Å². The van der Waals surface area contributed by atoms with Gasteiger partial charge in [-0.15, -0.1) is 10.2 Å². The summed E-state index contributed by atoms with van der Waals surface area (Å²) in [5.74, 6) is -0.775. The van der Waals surface area contributed by atoms with E-state index in [1.54, 1.807) is 41.1 Å². The van der Waals surface area contributed by atoms with Crippen molar-refractivity contribution in [2.45, 2.75) is 19.9 Å². The second-order valence-electron chi connectivity index (χ2n) is 7.12. The van der Waals surface area contributed by atoms with Crippen molar-refractivity contribution in [3.63, 3.8) is 0 Å². The van der Waals surface area contributed by atoms with Gasteiger partial charge in [-0.1, -0.05) is 12.1 Å². The lowest BCUT2D eigenvalue weighted by atomic mass is 10.1. The van der Waals surface area contributed by atoms with E-state index in [-0.39, 0.29) is 12.4 Å². The van der Waals surface area contributed by atoms with E-state index in [9.17, 15) is 17.2 Å². The normalized spacial score (nSPS) is 12.1. The van der Waals surface area contributed by atoms with Gasteiger partial charge in [0.25, 0.3) is 5.89 Å². The Morgan fingerprint density at radius 1 is 1.13 bits per heavy atom. The van der Waals surface area contributed by atoms with Gasteiger partial charge in [0, 0.05) is 18.0 Å². The Kier molecular flexibility index (Phi) is 5.21. The predicted molar refractivity (Wildman–Crippen MR) is 111 cm³/mol. The third kappa shape index (κ3) is 4.13. The zero-order valence-corrected chi connectivity index (χ0v) is 17.8. The van der Waals surface area contributed by atoms with Crippen molar-refractivity contribution in [1.82, 2.24) is 20.0 Å². The van der Waals surface area contributed by atoms with Crippen molar-refractivity contribution in [3.05, 3.63) is 59.6 Å². The van der Waals surface area contributed by atoms with Crippen molar-refractivity contribution in [1.29, 1.82) is 0 Å². The number of hydrogen-bond donors (Lipinski definition) is 0. The molecule has 11 heteroatoms. The van der Waals surface area contributed by atoms with E-state index >= 15 is 0 Å². The topological polar surface area (TPSA) is 94.1 Å². The third-order valence-electron chi connectivity index (χ3n) is 4.86. The smallest absolute Gasteiger partial charge is 0.314 e. The molecule has 31 heavy (non-hydrogen) atoms. The number of anilines is 1. The minimum absolute atomic E-state index is 0.0284. The number of hydrogen-bond acceptors (Lipinski definition) is 6. The minimum atomic E-state index is -3.58. The lowest BCUT2D eigenvalue weighted by molar-refractivity contribution is 0.116. The first-order chi connectivity index (χ1) is 14.6. The lowest BCUT2D eigenvalue weighted by Gasteiger charge is -2.23. The first-order valence-electron chi connectivity index (χ1n) is 9.25. The molecular formula is C20H19F2N5O3S. The number of fused-ring (bicyclic) bond motifs is 1. The quantitative estimate of drug-likeness (QED) is 0.446. The summed E-state index contributed by atoms with van der Waals surface area (Å²) in [6.45, 7) is 1.96. The molecule has 0 unspecified atom stereocenters. The number of sulfonamides is 1. The first kappa shape index (κ1) is 20.9. The van der Waals surface area contributed by atoms with Gasteiger partial charge in [0.2, 0.25) is 15.9 Å². The van der Waals surface area contributed by atoms with Gasteiger partial charge in [0.15, 0.2) is 0 Å². The van der Waals surface area contributed by atoms with Gasteiger partial charge in [-0.25, -0.2) is 8.42 Å². The van der Waals surface area contributed by atoms with Crippen LogP contribution in [0.4, 0.5) is 14.5 Å². The van der Waals surface area contributed by atoms with Crippen molar-refractivity contribution in [2.75, 3.05) is 10.6 Å². The van der Waals surface area contributed by atoms with E-state index in [4.69, 9.17) is 4.42 Å². The van der Waals surface area contributed by atoms with Crippen LogP contribution in [0.2, 0.25) is 0 Å². The summed E-state index contributed by atoms with van der Waals surface area (Å²) in [5, 5.41) is 12.2. The predicted octanol–water partition coefficient (Wildman–Crippen LogP) is 3.84. The Balaban J connectivity index is 1.63. The summed E-state index contributed by atoms with van der Waals surface area (Å²) < 4.78 is 58.3. The van der Waals surface area contributed by atoms with E-state index < -0.39 is 22.3 Å². The van der Waals surface area contributed by atoms with Gasteiger partial charge in [0.1, 0.15) is 0 Å². The average Bonchev–Trinajstić information content (AvgIpc) is 3.31. The van der Waals surface area contributed by atoms with Crippen molar-refractivity contribution in [2.24, 2.45) is 7.05 Å². The van der Waals surface area contributed by atoms with E-state index in [1.807, 2.05) is 20.0 Å². The molecule has 4 aromatic rings. The number of halogens is 2. The zero-order valence-electron chi connectivity index (χ0n) is 17.0. The van der Waals surface area contributed by atoms with E-state index in [2.05, 4.69) is 15.3 Å². The number of rotatable bonds is 6. The fourth-order valence-corrected chi connectivity index (χ4v) is 4.22. The molecule has 0 fully saturated rings. The molecule has 162 valence electrons. The molecule has 2 aromatic carbocycles. The average molecular weight is 447 g/mol. The minimum Gasteiger partial charge on any atom is -0.415 e. The molecule has 0 N–H and O–H groups in total. The molecule has 4 rings (SSSR count). The fraction of sp³-hybridized carbons (Fsp3) is 0.250. The van der Waals surface area contributed by atoms with Crippen LogP contribution in [0.1, 0.15) is 23.6 Å². The van der Waals surface area contributed by atoms with Gasteiger partial charge in [-0.05, 0) is 42.8 Å². The first-order valence-corrected chi connectivity index (χ1v) is 11.1. The molecular weight excluding hydrogens is 428 g/mol. The highest BCUT2D eigenvalue weighted by atomic mass is 32.2. The van der Waals surface area contributed by atoms with Crippen LogP contribution in [0, 0.1) is 6.92 Å². The van der Waals surface area contributed by atoms with Crippen LogP contribution >= 0.6 is 0 Å². The highest BCUT2D eigenvalue weighted by Crippen LogP contribution is 2.28. The van der Waals surface area contributed by atoms with Crippen LogP contribution in [-0.2, 0) is 23.6 Å². The molecule has 0 bridgehead atoms. The molecule has 8 nitrogen and oxygen atoms in total. The molecule has 0 spiro atoms. The zero-order chi connectivity index (χ0) is 22.3. The number of benzene rings is 2. The maximum absolute atomic E-state index is 12.6. The molecule has 2 heterocycles. The summed E-state index contributed by atoms with van der Waals surface area (Å²) in [7, 11) is -1.75. The summed E-state index contributed by atoms with van der Waals surface area (Å²) in [4.78, 5) is 0. The summed E-state index contributed by atoms with van der Waals surface area (Å²) in [5.41, 5.74) is 3.39. The summed E-state index contributed by atoms with van der Waals surface area (Å²) >= 11 is 0. The highest BCUT2D eigenvalue weighted by molar-refractivity contribution is 7.92. The number of aryl methyl sites for hydroxylation is 2. The van der Waals surface area contributed by atoms with E-state index in [1.165, 1.54) is 4.31 Å². The van der Waals surface area contributed by atoms with Crippen LogP contribution in [0.15, 0.2) is 46.9 Å². The largest absolute Gasteiger partial charge is 0.415 e. The van der Waals surface area contributed by atoms with Crippen LogP contribution in [0.25, 0.3) is 22.4 Å². The Hall–Kier alpha value is -3.34. The molecule has 0 aliphatic rings. The molecule has 0 radical (unpaired) electrons. The number of nitrogens with zero attached hydrogens (tertiary/aromatic N) is 5. The maximum Gasteiger partial charge on any atom is 0.314 e. The number of aromatic nitrogens is 4. The molecule has 0 saturated carbocycles. The fourth-order valence-electron chi connectivity index (χ4n) is 3.34. The second kappa shape index (κ2) is 7.73. The van der Waals surface area contributed by atoms with Gasteiger partial charge in [0.05, 0.1) is 29.7 Å². The Labute approximate surface area is 177 Å². The maximum atomic E-state index is 12.6. The Morgan fingerprint density at radius 3 is 2.45 bits per heavy atom. The van der Waals surface area contributed by atoms with Gasteiger partial charge in [-0.3, -0.25) is 8.99 Å². The Bertz CT molecular complexity index is 1350. The monoisotopic (exact) mass is 447 g/mol. The van der Waals surface area contributed by atoms with Crippen LogP contribution in [0.3, 0.4) is 0 Å². The molecule has 2 aromatic heterocycles. The number of alkyl halides is 2. The van der Waals surface area contributed by atoms with Gasteiger partial charge >= 0.3 is 6.43 Å². The SMILES string of the molecule is Cc1nn(C)c2ccc(N(Cc3ccc(-c4nnc(C(F)F)o4)cc3)S(C)(=O)=O)cc12. The van der Waals surface area contributed by atoms with Crippen LogP contribution in [-0.4, -0.2) is 34.7 Å². The van der Waals surface area contributed by atoms with Crippen LogP contribution in [0.5, 0.6) is 0 Å². The Morgan fingerprint density at radius 2 is 1.84 bits per heavy atom. The van der Waals surface area contributed by atoms with Crippen molar-refractivity contribution >= 4 is 26.6 Å². The van der Waals surface area contributed by atoms with E-state index in [0.717, 1.165) is 22.9 Å². The molecule has 0 aliphatic carbocycles. The lowest BCUT2D eigenvalue weighted by Crippen LogP contribution is -2.29. The van der Waals surface area contributed by atoms with Crippen molar-refractivity contribution < 1.29 is 21.6 Å². The molecule has 0 saturated heterocycles.